The quantitative estimate of drug-likeness (QED) is 0.815. The van der Waals surface area contributed by atoms with Crippen molar-refractivity contribution in [3.05, 3.63) is 29.2 Å². The van der Waals surface area contributed by atoms with Gasteiger partial charge in [0.1, 0.15) is 12.3 Å². The highest BCUT2D eigenvalue weighted by Crippen LogP contribution is 2.52. The molecule has 4 nitrogen and oxygen atoms in total. The number of benzene rings is 1. The van der Waals surface area contributed by atoms with Crippen LogP contribution in [0.2, 0.25) is 0 Å². The molecule has 0 saturated carbocycles. The normalized spacial score (nSPS) is 26.2. The first-order valence-electron chi connectivity index (χ1n) is 9.42. The van der Waals surface area contributed by atoms with E-state index in [1.165, 1.54) is 5.57 Å². The number of hydrogen-bond donors (Lipinski definition) is 0. The number of nitrogens with zero attached hydrogens (tertiary/aromatic N) is 3. The van der Waals surface area contributed by atoms with Crippen LogP contribution in [-0.4, -0.2) is 50.8 Å². The van der Waals surface area contributed by atoms with Crippen LogP contribution in [0.25, 0.3) is 0 Å². The van der Waals surface area contributed by atoms with Gasteiger partial charge in [-0.25, -0.2) is 4.39 Å². The highest BCUT2D eigenvalue weighted by Gasteiger charge is 2.37. The van der Waals surface area contributed by atoms with Gasteiger partial charge in [-0.3, -0.25) is 0 Å². The van der Waals surface area contributed by atoms with Gasteiger partial charge in [-0.15, -0.1) is 0 Å². The molecule has 2 atom stereocenters. The van der Waals surface area contributed by atoms with Gasteiger partial charge >= 0.3 is 0 Å². The molecular weight excluding hydrogens is 317 g/mol. The Balaban J connectivity index is 1.84. The third-order valence-electron chi connectivity index (χ3n) is 5.97. The van der Waals surface area contributed by atoms with Gasteiger partial charge in [0, 0.05) is 38.3 Å². The van der Waals surface area contributed by atoms with Gasteiger partial charge in [-0.05, 0) is 37.6 Å². The van der Waals surface area contributed by atoms with E-state index in [9.17, 15) is 0 Å². The molecule has 0 N–H and O–H groups in total. The predicted molar refractivity (Wildman–Crippen MR) is 100 cm³/mol. The summed E-state index contributed by atoms with van der Waals surface area (Å²) in [5.74, 6) is 0.841. The molecule has 4 rings (SSSR count). The number of piperazine rings is 1. The first kappa shape index (κ1) is 16.7. The third-order valence-corrected chi connectivity index (χ3v) is 5.97. The van der Waals surface area contributed by atoms with E-state index in [4.69, 9.17) is 4.74 Å². The lowest BCUT2D eigenvalue weighted by Crippen LogP contribution is -2.46. The van der Waals surface area contributed by atoms with Crippen LogP contribution in [0.15, 0.2) is 17.8 Å². The fourth-order valence-electron chi connectivity index (χ4n) is 4.27. The van der Waals surface area contributed by atoms with E-state index in [-0.39, 0.29) is 17.8 Å². The van der Waals surface area contributed by atoms with Crippen LogP contribution < -0.4 is 14.5 Å². The maximum Gasteiger partial charge on any atom is 0.169 e. The average Bonchev–Trinajstić information content (AvgIpc) is 2.60. The van der Waals surface area contributed by atoms with Crippen LogP contribution in [0.4, 0.5) is 15.8 Å². The molecule has 1 unspecified atom stereocenters. The van der Waals surface area contributed by atoms with E-state index in [0.29, 0.717) is 12.3 Å². The van der Waals surface area contributed by atoms with Crippen molar-refractivity contribution in [2.45, 2.75) is 39.2 Å². The van der Waals surface area contributed by atoms with Crippen LogP contribution in [0.1, 0.15) is 38.7 Å². The van der Waals surface area contributed by atoms with E-state index in [0.717, 1.165) is 49.6 Å². The summed E-state index contributed by atoms with van der Waals surface area (Å²) >= 11 is 0. The van der Waals surface area contributed by atoms with E-state index in [1.807, 2.05) is 0 Å². The second-order valence-corrected chi connectivity index (χ2v) is 7.61. The zero-order valence-electron chi connectivity index (χ0n) is 15.7. The van der Waals surface area contributed by atoms with Crippen molar-refractivity contribution in [3.8, 4) is 5.75 Å². The molecule has 0 aliphatic carbocycles. The van der Waals surface area contributed by atoms with Crippen LogP contribution in [0.3, 0.4) is 0 Å². The molecule has 3 aliphatic rings. The summed E-state index contributed by atoms with van der Waals surface area (Å²) in [6.07, 6.45) is 3.26. The van der Waals surface area contributed by atoms with E-state index in [2.05, 4.69) is 48.7 Å². The van der Waals surface area contributed by atoms with Crippen molar-refractivity contribution >= 4 is 11.4 Å². The molecule has 1 saturated heterocycles. The zero-order chi connectivity index (χ0) is 17.7. The number of rotatable bonds is 2. The van der Waals surface area contributed by atoms with Gasteiger partial charge in [0.05, 0.1) is 11.7 Å². The maximum atomic E-state index is 15.2. The number of halogens is 1. The second kappa shape index (κ2) is 6.20. The van der Waals surface area contributed by atoms with Gasteiger partial charge in [-0.1, -0.05) is 13.8 Å². The third kappa shape index (κ3) is 2.60. The monoisotopic (exact) mass is 345 g/mol. The number of hydrogen-bond acceptors (Lipinski definition) is 4. The van der Waals surface area contributed by atoms with Gasteiger partial charge < -0.3 is 19.4 Å². The number of anilines is 2. The number of ether oxygens (including phenoxy) is 1. The summed E-state index contributed by atoms with van der Waals surface area (Å²) in [6, 6.07) is 2.03. The Hall–Kier alpha value is -1.75. The van der Waals surface area contributed by atoms with Gasteiger partial charge in [0.25, 0.3) is 0 Å². The SMILES string of the molecule is CCC1=CN2c3c(cc(F)c(N4CCN(C)CC4)c3OC[C@@H]2C)C1C. The number of likely N-dealkylation sites (N-methyl/N-ethyl adjacent to an activating group) is 1. The second-order valence-electron chi connectivity index (χ2n) is 7.61. The van der Waals surface area contributed by atoms with Gasteiger partial charge in [0.2, 0.25) is 0 Å². The molecule has 1 aromatic carbocycles. The van der Waals surface area contributed by atoms with Gasteiger partial charge in [-0.2, -0.15) is 0 Å². The van der Waals surface area contributed by atoms with E-state index < -0.39 is 0 Å². The topological polar surface area (TPSA) is 19.0 Å². The van der Waals surface area contributed by atoms with Crippen molar-refractivity contribution in [1.29, 1.82) is 0 Å². The van der Waals surface area contributed by atoms with Crippen LogP contribution in [-0.2, 0) is 0 Å². The first-order valence-corrected chi connectivity index (χ1v) is 9.42. The lowest BCUT2D eigenvalue weighted by molar-refractivity contribution is 0.271. The van der Waals surface area contributed by atoms with Crippen molar-refractivity contribution < 1.29 is 9.13 Å². The first-order chi connectivity index (χ1) is 12.0. The molecule has 0 bridgehead atoms. The summed E-state index contributed by atoms with van der Waals surface area (Å²) in [7, 11) is 2.11. The van der Waals surface area contributed by atoms with Crippen LogP contribution in [0.5, 0.6) is 5.75 Å². The summed E-state index contributed by atoms with van der Waals surface area (Å²) < 4.78 is 21.3. The summed E-state index contributed by atoms with van der Waals surface area (Å²) in [6.45, 7) is 10.7. The van der Waals surface area contributed by atoms with Crippen molar-refractivity contribution in [1.82, 2.24) is 4.90 Å². The Morgan fingerprint density at radius 3 is 2.56 bits per heavy atom. The fraction of sp³-hybridized carbons (Fsp3) is 0.600. The van der Waals surface area contributed by atoms with Crippen molar-refractivity contribution in [3.63, 3.8) is 0 Å². The average molecular weight is 345 g/mol. The Bertz CT molecular complexity index is 709. The summed E-state index contributed by atoms with van der Waals surface area (Å²) in [5, 5.41) is 0. The standard InChI is InChI=1S/C20H28FN3O/c1-5-15-11-24-13(2)12-25-20-18(24)16(14(15)3)10-17(21)19(20)23-8-6-22(4)7-9-23/h10-11,13-14H,5-9,12H2,1-4H3/t13-,14?/m0/s1. The Kier molecular flexibility index (Phi) is 4.14. The zero-order valence-corrected chi connectivity index (χ0v) is 15.7. The molecule has 136 valence electrons. The molecule has 5 heteroatoms. The largest absolute Gasteiger partial charge is 0.487 e. The lowest BCUT2D eigenvalue weighted by atomic mass is 9.85. The number of allylic oxidation sites excluding steroid dienone is 1. The molecule has 3 heterocycles. The fourth-order valence-corrected chi connectivity index (χ4v) is 4.27. The summed E-state index contributed by atoms with van der Waals surface area (Å²) in [5.41, 5.74) is 4.17. The minimum absolute atomic E-state index is 0.142. The predicted octanol–water partition coefficient (Wildman–Crippen LogP) is 3.58. The molecule has 0 radical (unpaired) electrons. The van der Waals surface area contributed by atoms with E-state index in [1.54, 1.807) is 6.07 Å². The minimum atomic E-state index is -0.142. The summed E-state index contributed by atoms with van der Waals surface area (Å²) in [4.78, 5) is 6.75. The van der Waals surface area contributed by atoms with Crippen molar-refractivity contribution in [2.24, 2.45) is 0 Å². The molecule has 3 aliphatic heterocycles. The maximum absolute atomic E-state index is 15.2. The Morgan fingerprint density at radius 2 is 1.88 bits per heavy atom. The highest BCUT2D eigenvalue weighted by atomic mass is 19.1. The van der Waals surface area contributed by atoms with Crippen LogP contribution >= 0.6 is 0 Å². The Labute approximate surface area is 149 Å². The van der Waals surface area contributed by atoms with E-state index >= 15 is 4.39 Å². The lowest BCUT2D eigenvalue weighted by Gasteiger charge is -2.43. The highest BCUT2D eigenvalue weighted by molar-refractivity contribution is 5.81. The van der Waals surface area contributed by atoms with Gasteiger partial charge in [0.15, 0.2) is 11.6 Å². The smallest absolute Gasteiger partial charge is 0.169 e. The van der Waals surface area contributed by atoms with Crippen LogP contribution in [0, 0.1) is 5.82 Å². The van der Waals surface area contributed by atoms with Crippen molar-refractivity contribution in [2.75, 3.05) is 49.6 Å². The Morgan fingerprint density at radius 1 is 1.16 bits per heavy atom. The molecule has 0 spiro atoms. The molecule has 1 aromatic rings. The molecular formula is C20H28FN3O. The molecule has 0 aromatic heterocycles. The molecule has 0 amide bonds. The molecule has 25 heavy (non-hydrogen) atoms. The molecule has 1 fully saturated rings. The minimum Gasteiger partial charge on any atom is -0.487 e.